The predicted octanol–water partition coefficient (Wildman–Crippen LogP) is 2.67. The van der Waals surface area contributed by atoms with Gasteiger partial charge in [-0.2, -0.15) is 0 Å². The molecule has 2 aromatic heterocycles. The summed E-state index contributed by atoms with van der Waals surface area (Å²) < 4.78 is 5.90. The number of ether oxygens (including phenoxy) is 1. The second-order valence-corrected chi connectivity index (χ2v) is 6.25. The Morgan fingerprint density at radius 1 is 1.36 bits per heavy atom. The van der Waals surface area contributed by atoms with E-state index in [2.05, 4.69) is 9.97 Å². The molecule has 1 saturated heterocycles. The average molecular weight is 317 g/mol. The zero-order chi connectivity index (χ0) is 15.4. The van der Waals surface area contributed by atoms with Crippen LogP contribution in [0.1, 0.15) is 33.9 Å². The first-order chi connectivity index (χ1) is 10.7. The Morgan fingerprint density at radius 3 is 2.82 bits per heavy atom. The third-order valence-corrected chi connectivity index (χ3v) is 4.78. The highest BCUT2D eigenvalue weighted by molar-refractivity contribution is 7.11. The summed E-state index contributed by atoms with van der Waals surface area (Å²) in [6, 6.07) is 5.82. The summed E-state index contributed by atoms with van der Waals surface area (Å²) in [5.74, 6) is 0.100. The number of thiazole rings is 1. The molecule has 0 radical (unpaired) electrons. The smallest absolute Gasteiger partial charge is 0.265 e. The van der Waals surface area contributed by atoms with Crippen LogP contribution in [0.15, 0.2) is 29.9 Å². The monoisotopic (exact) mass is 317 g/mol. The maximum atomic E-state index is 12.4. The van der Waals surface area contributed by atoms with E-state index in [4.69, 9.17) is 4.74 Å². The van der Waals surface area contributed by atoms with Crippen LogP contribution in [0.25, 0.3) is 0 Å². The molecule has 0 N–H and O–H groups in total. The number of aromatic nitrogens is 2. The molecule has 3 rings (SSSR count). The number of piperidine rings is 1. The SMILES string of the molecule is Cc1ncsc1C(=O)N1CCC(OCc2ccccn2)CC1. The minimum Gasteiger partial charge on any atom is -0.372 e. The van der Waals surface area contributed by atoms with Gasteiger partial charge >= 0.3 is 0 Å². The molecule has 0 unspecified atom stereocenters. The molecule has 0 aliphatic carbocycles. The fourth-order valence-corrected chi connectivity index (χ4v) is 3.33. The van der Waals surface area contributed by atoms with E-state index >= 15 is 0 Å². The van der Waals surface area contributed by atoms with Crippen LogP contribution >= 0.6 is 11.3 Å². The minimum absolute atomic E-state index is 0.100. The second-order valence-electron chi connectivity index (χ2n) is 5.39. The highest BCUT2D eigenvalue weighted by Gasteiger charge is 2.25. The van der Waals surface area contributed by atoms with Crippen molar-refractivity contribution >= 4 is 17.2 Å². The largest absolute Gasteiger partial charge is 0.372 e. The van der Waals surface area contributed by atoms with E-state index in [9.17, 15) is 4.79 Å². The lowest BCUT2D eigenvalue weighted by molar-refractivity contribution is -0.00151. The van der Waals surface area contributed by atoms with Crippen LogP contribution in [0.4, 0.5) is 0 Å². The molecule has 1 fully saturated rings. The number of pyridine rings is 1. The van der Waals surface area contributed by atoms with Crippen molar-refractivity contribution in [1.29, 1.82) is 0 Å². The third-order valence-electron chi connectivity index (χ3n) is 3.86. The fourth-order valence-electron chi connectivity index (χ4n) is 2.56. The van der Waals surface area contributed by atoms with E-state index in [0.29, 0.717) is 6.61 Å². The van der Waals surface area contributed by atoms with Crippen molar-refractivity contribution in [3.05, 3.63) is 46.2 Å². The van der Waals surface area contributed by atoms with Crippen molar-refractivity contribution < 1.29 is 9.53 Å². The Labute approximate surface area is 134 Å². The maximum Gasteiger partial charge on any atom is 0.265 e. The Bertz CT molecular complexity index is 621. The normalized spacial score (nSPS) is 16.0. The van der Waals surface area contributed by atoms with Gasteiger partial charge in [-0.05, 0) is 31.9 Å². The number of aryl methyl sites for hydroxylation is 1. The van der Waals surface area contributed by atoms with E-state index in [0.717, 1.165) is 42.2 Å². The van der Waals surface area contributed by atoms with Crippen molar-refractivity contribution in [3.8, 4) is 0 Å². The quantitative estimate of drug-likeness (QED) is 0.870. The number of hydrogen-bond acceptors (Lipinski definition) is 5. The summed E-state index contributed by atoms with van der Waals surface area (Å²) in [4.78, 5) is 23.5. The molecule has 5 nitrogen and oxygen atoms in total. The van der Waals surface area contributed by atoms with Gasteiger partial charge in [-0.3, -0.25) is 9.78 Å². The number of likely N-dealkylation sites (tertiary alicyclic amines) is 1. The number of rotatable bonds is 4. The van der Waals surface area contributed by atoms with Gasteiger partial charge in [0.2, 0.25) is 0 Å². The predicted molar refractivity (Wildman–Crippen MR) is 84.8 cm³/mol. The highest BCUT2D eigenvalue weighted by atomic mass is 32.1. The molecule has 3 heterocycles. The Hall–Kier alpha value is -1.79. The Morgan fingerprint density at radius 2 is 2.18 bits per heavy atom. The molecule has 0 atom stereocenters. The zero-order valence-corrected chi connectivity index (χ0v) is 13.4. The van der Waals surface area contributed by atoms with Gasteiger partial charge in [0, 0.05) is 19.3 Å². The Kier molecular flexibility index (Phi) is 4.80. The van der Waals surface area contributed by atoms with Gasteiger partial charge in [-0.1, -0.05) is 6.07 Å². The first-order valence-electron chi connectivity index (χ1n) is 7.45. The van der Waals surface area contributed by atoms with Gasteiger partial charge in [0.25, 0.3) is 5.91 Å². The highest BCUT2D eigenvalue weighted by Crippen LogP contribution is 2.20. The molecule has 2 aromatic rings. The number of carbonyl (C=O) groups is 1. The standard InChI is InChI=1S/C16H19N3O2S/c1-12-15(22-11-18-12)16(20)19-8-5-14(6-9-19)21-10-13-4-2-3-7-17-13/h2-4,7,11,14H,5-6,8-10H2,1H3. The fraction of sp³-hybridized carbons (Fsp3) is 0.438. The van der Waals surface area contributed by atoms with Crippen LogP contribution in [0.5, 0.6) is 0 Å². The average Bonchev–Trinajstić information content (AvgIpc) is 3.00. The van der Waals surface area contributed by atoms with Gasteiger partial charge in [0.1, 0.15) is 4.88 Å². The molecule has 1 aliphatic heterocycles. The van der Waals surface area contributed by atoms with E-state index in [1.807, 2.05) is 30.0 Å². The van der Waals surface area contributed by atoms with Crippen molar-refractivity contribution in [2.45, 2.75) is 32.5 Å². The molecule has 1 aliphatic rings. The number of hydrogen-bond donors (Lipinski definition) is 0. The van der Waals surface area contributed by atoms with Gasteiger partial charge in [-0.25, -0.2) is 4.98 Å². The van der Waals surface area contributed by atoms with E-state index < -0.39 is 0 Å². The molecule has 0 saturated carbocycles. The summed E-state index contributed by atoms with van der Waals surface area (Å²) in [5, 5.41) is 0. The first kappa shape index (κ1) is 15.1. The molecule has 0 bridgehead atoms. The molecule has 22 heavy (non-hydrogen) atoms. The van der Waals surface area contributed by atoms with E-state index in [1.165, 1.54) is 11.3 Å². The summed E-state index contributed by atoms with van der Waals surface area (Å²) in [6.07, 6.45) is 3.72. The lowest BCUT2D eigenvalue weighted by Gasteiger charge is -2.31. The van der Waals surface area contributed by atoms with E-state index in [-0.39, 0.29) is 12.0 Å². The third kappa shape index (κ3) is 3.51. The van der Waals surface area contributed by atoms with Gasteiger partial charge in [0.15, 0.2) is 0 Å². The molecule has 0 aromatic carbocycles. The molecule has 0 spiro atoms. The van der Waals surface area contributed by atoms with Crippen LogP contribution < -0.4 is 0 Å². The zero-order valence-electron chi connectivity index (χ0n) is 12.6. The molecule has 116 valence electrons. The number of amides is 1. The van der Waals surface area contributed by atoms with Crippen LogP contribution in [0.2, 0.25) is 0 Å². The second kappa shape index (κ2) is 6.98. The first-order valence-corrected chi connectivity index (χ1v) is 8.33. The lowest BCUT2D eigenvalue weighted by atomic mass is 10.1. The minimum atomic E-state index is 0.100. The van der Waals surface area contributed by atoms with Crippen LogP contribution in [0.3, 0.4) is 0 Å². The van der Waals surface area contributed by atoms with Crippen molar-refractivity contribution in [3.63, 3.8) is 0 Å². The van der Waals surface area contributed by atoms with Crippen molar-refractivity contribution in [2.75, 3.05) is 13.1 Å². The van der Waals surface area contributed by atoms with Gasteiger partial charge in [0.05, 0.1) is 29.6 Å². The maximum absolute atomic E-state index is 12.4. The number of carbonyl (C=O) groups excluding carboxylic acids is 1. The Balaban J connectivity index is 1.48. The molecular formula is C16H19N3O2S. The lowest BCUT2D eigenvalue weighted by Crippen LogP contribution is -2.40. The topological polar surface area (TPSA) is 55.3 Å². The van der Waals surface area contributed by atoms with Gasteiger partial charge < -0.3 is 9.64 Å². The van der Waals surface area contributed by atoms with Crippen molar-refractivity contribution in [1.82, 2.24) is 14.9 Å². The summed E-state index contributed by atoms with van der Waals surface area (Å²) in [7, 11) is 0. The molecule has 6 heteroatoms. The van der Waals surface area contributed by atoms with Crippen molar-refractivity contribution in [2.24, 2.45) is 0 Å². The number of nitrogens with zero attached hydrogens (tertiary/aromatic N) is 3. The van der Waals surface area contributed by atoms with Gasteiger partial charge in [-0.15, -0.1) is 11.3 Å². The summed E-state index contributed by atoms with van der Waals surface area (Å²) >= 11 is 1.42. The van der Waals surface area contributed by atoms with Crippen LogP contribution in [-0.4, -0.2) is 40.0 Å². The van der Waals surface area contributed by atoms with E-state index in [1.54, 1.807) is 11.7 Å². The molecular weight excluding hydrogens is 298 g/mol. The van der Waals surface area contributed by atoms with Crippen LogP contribution in [0, 0.1) is 6.92 Å². The van der Waals surface area contributed by atoms with Crippen LogP contribution in [-0.2, 0) is 11.3 Å². The molecule has 1 amide bonds. The summed E-state index contributed by atoms with van der Waals surface area (Å²) in [6.45, 7) is 3.89. The summed E-state index contributed by atoms with van der Waals surface area (Å²) in [5.41, 5.74) is 3.50.